The molecule has 0 aromatic carbocycles. The Bertz CT molecular complexity index is 334. The second-order valence-electron chi connectivity index (χ2n) is 5.03. The molecule has 1 rings (SSSR count). The number of aromatic amines is 1. The summed E-state index contributed by atoms with van der Waals surface area (Å²) in [6, 6.07) is 1.79. The predicted octanol–water partition coefficient (Wildman–Crippen LogP) is 0.867. The van der Waals surface area contributed by atoms with E-state index in [0.717, 1.165) is 18.5 Å². The zero-order valence-electron chi connectivity index (χ0n) is 10.5. The summed E-state index contributed by atoms with van der Waals surface area (Å²) in [5.41, 5.74) is 0.756. The van der Waals surface area contributed by atoms with E-state index in [0.29, 0.717) is 13.0 Å². The predicted molar refractivity (Wildman–Crippen MR) is 65.4 cm³/mol. The highest BCUT2D eigenvalue weighted by Crippen LogP contribution is 2.20. The minimum Gasteiger partial charge on any atom is -0.396 e. The quantitative estimate of drug-likeness (QED) is 0.618. The molecule has 0 fully saturated rings. The van der Waals surface area contributed by atoms with Crippen molar-refractivity contribution in [2.75, 3.05) is 13.2 Å². The molecule has 1 amide bonds. The van der Waals surface area contributed by atoms with Gasteiger partial charge < -0.3 is 10.4 Å². The van der Waals surface area contributed by atoms with Gasteiger partial charge in [0.05, 0.1) is 6.42 Å². The van der Waals surface area contributed by atoms with Gasteiger partial charge in [0.1, 0.15) is 0 Å². The zero-order chi connectivity index (χ0) is 12.7. The molecule has 1 heterocycles. The van der Waals surface area contributed by atoms with Crippen LogP contribution < -0.4 is 5.32 Å². The molecule has 0 aliphatic carbocycles. The van der Waals surface area contributed by atoms with Crippen molar-refractivity contribution in [1.29, 1.82) is 0 Å². The largest absolute Gasteiger partial charge is 0.396 e. The second-order valence-corrected chi connectivity index (χ2v) is 5.03. The minimum atomic E-state index is -0.0614. The summed E-state index contributed by atoms with van der Waals surface area (Å²) >= 11 is 0. The monoisotopic (exact) mass is 239 g/mol. The van der Waals surface area contributed by atoms with Gasteiger partial charge in [0.25, 0.3) is 0 Å². The van der Waals surface area contributed by atoms with Crippen molar-refractivity contribution >= 4 is 5.91 Å². The van der Waals surface area contributed by atoms with E-state index in [4.69, 9.17) is 5.11 Å². The van der Waals surface area contributed by atoms with E-state index in [2.05, 4.69) is 15.5 Å². The van der Waals surface area contributed by atoms with Crippen LogP contribution in [0.1, 0.15) is 32.4 Å². The first-order chi connectivity index (χ1) is 8.03. The van der Waals surface area contributed by atoms with Crippen LogP contribution in [0.5, 0.6) is 0 Å². The summed E-state index contributed by atoms with van der Waals surface area (Å²) in [5, 5.41) is 18.5. The standard InChI is InChI=1S/C12H21N3O2/c1-12(2,9-16)5-3-6-13-11(17)8-10-4-7-14-15-10/h4,7,16H,3,5-6,8-9H2,1-2H3,(H,13,17)(H,14,15). The van der Waals surface area contributed by atoms with E-state index in [1.54, 1.807) is 12.3 Å². The molecule has 0 atom stereocenters. The Morgan fingerprint density at radius 1 is 1.59 bits per heavy atom. The van der Waals surface area contributed by atoms with E-state index in [-0.39, 0.29) is 17.9 Å². The topological polar surface area (TPSA) is 78.0 Å². The van der Waals surface area contributed by atoms with Crippen molar-refractivity contribution in [3.8, 4) is 0 Å². The maximum absolute atomic E-state index is 11.5. The Balaban J connectivity index is 2.13. The molecule has 0 bridgehead atoms. The fraction of sp³-hybridized carbons (Fsp3) is 0.667. The molecule has 96 valence electrons. The van der Waals surface area contributed by atoms with Gasteiger partial charge in [-0.1, -0.05) is 13.8 Å². The Hall–Kier alpha value is -1.36. The van der Waals surface area contributed by atoms with Gasteiger partial charge in [0, 0.05) is 25.0 Å². The number of carbonyl (C=O) groups is 1. The Labute approximate surface area is 102 Å². The summed E-state index contributed by atoms with van der Waals surface area (Å²) in [4.78, 5) is 11.5. The molecule has 1 aromatic rings. The zero-order valence-corrected chi connectivity index (χ0v) is 10.5. The lowest BCUT2D eigenvalue weighted by Gasteiger charge is -2.21. The number of nitrogens with one attached hydrogen (secondary N) is 2. The van der Waals surface area contributed by atoms with Gasteiger partial charge in [0.2, 0.25) is 5.91 Å². The molecule has 3 N–H and O–H groups in total. The number of nitrogens with zero attached hydrogens (tertiary/aromatic N) is 1. The normalized spacial score (nSPS) is 11.5. The molecule has 0 saturated carbocycles. The number of amides is 1. The number of aliphatic hydroxyl groups is 1. The number of aromatic nitrogens is 2. The third-order valence-electron chi connectivity index (χ3n) is 2.69. The molecule has 1 aromatic heterocycles. The average molecular weight is 239 g/mol. The first-order valence-electron chi connectivity index (χ1n) is 5.89. The van der Waals surface area contributed by atoms with Crippen molar-refractivity contribution in [1.82, 2.24) is 15.5 Å². The molecule has 0 saturated heterocycles. The number of hydrogen-bond acceptors (Lipinski definition) is 3. The van der Waals surface area contributed by atoms with E-state index in [1.807, 2.05) is 13.8 Å². The van der Waals surface area contributed by atoms with Gasteiger partial charge in [-0.25, -0.2) is 0 Å². The molecule has 17 heavy (non-hydrogen) atoms. The molecular weight excluding hydrogens is 218 g/mol. The fourth-order valence-corrected chi connectivity index (χ4v) is 1.49. The summed E-state index contributed by atoms with van der Waals surface area (Å²) in [6.07, 6.45) is 3.74. The van der Waals surface area contributed by atoms with Crippen LogP contribution in [0.2, 0.25) is 0 Å². The van der Waals surface area contributed by atoms with Crippen molar-refractivity contribution in [3.63, 3.8) is 0 Å². The van der Waals surface area contributed by atoms with Crippen LogP contribution in [0, 0.1) is 5.41 Å². The van der Waals surface area contributed by atoms with Crippen LogP contribution in [0.3, 0.4) is 0 Å². The van der Waals surface area contributed by atoms with E-state index < -0.39 is 0 Å². The van der Waals surface area contributed by atoms with Crippen LogP contribution in [-0.4, -0.2) is 34.4 Å². The highest BCUT2D eigenvalue weighted by atomic mass is 16.3. The SMILES string of the molecule is CC(C)(CO)CCCNC(=O)Cc1ccn[nH]1. The van der Waals surface area contributed by atoms with E-state index >= 15 is 0 Å². The molecule has 0 unspecified atom stereocenters. The number of rotatable bonds is 7. The van der Waals surface area contributed by atoms with E-state index in [1.165, 1.54) is 0 Å². The molecule has 0 aliphatic rings. The fourth-order valence-electron chi connectivity index (χ4n) is 1.49. The Morgan fingerprint density at radius 3 is 2.94 bits per heavy atom. The highest BCUT2D eigenvalue weighted by molar-refractivity contribution is 5.77. The summed E-state index contributed by atoms with van der Waals surface area (Å²) in [7, 11) is 0. The van der Waals surface area contributed by atoms with Crippen LogP contribution in [0.15, 0.2) is 12.3 Å². The molecular formula is C12H21N3O2. The number of aliphatic hydroxyl groups excluding tert-OH is 1. The molecule has 0 aliphatic heterocycles. The summed E-state index contributed by atoms with van der Waals surface area (Å²) in [6.45, 7) is 4.85. The molecule has 0 spiro atoms. The van der Waals surface area contributed by atoms with Crippen LogP contribution in [-0.2, 0) is 11.2 Å². The molecule has 5 heteroatoms. The lowest BCUT2D eigenvalue weighted by atomic mass is 9.89. The third-order valence-corrected chi connectivity index (χ3v) is 2.69. The maximum atomic E-state index is 11.5. The van der Waals surface area contributed by atoms with Crippen molar-refractivity contribution in [3.05, 3.63) is 18.0 Å². The molecule has 5 nitrogen and oxygen atoms in total. The van der Waals surface area contributed by atoms with Gasteiger partial charge in [-0.3, -0.25) is 9.89 Å². The van der Waals surface area contributed by atoms with Gasteiger partial charge in [-0.2, -0.15) is 5.10 Å². The van der Waals surface area contributed by atoms with Gasteiger partial charge in [0.15, 0.2) is 0 Å². The van der Waals surface area contributed by atoms with Gasteiger partial charge in [-0.05, 0) is 24.3 Å². The number of carbonyl (C=O) groups excluding carboxylic acids is 1. The van der Waals surface area contributed by atoms with Crippen LogP contribution >= 0.6 is 0 Å². The van der Waals surface area contributed by atoms with Gasteiger partial charge in [-0.15, -0.1) is 0 Å². The highest BCUT2D eigenvalue weighted by Gasteiger charge is 2.15. The Kier molecular flexibility index (Phi) is 5.15. The minimum absolute atomic E-state index is 0.00365. The molecule has 0 radical (unpaired) electrons. The van der Waals surface area contributed by atoms with Crippen LogP contribution in [0.25, 0.3) is 0 Å². The van der Waals surface area contributed by atoms with Crippen molar-refractivity contribution in [2.45, 2.75) is 33.1 Å². The third kappa shape index (κ3) is 5.49. The first-order valence-corrected chi connectivity index (χ1v) is 5.89. The smallest absolute Gasteiger partial charge is 0.225 e. The van der Waals surface area contributed by atoms with Gasteiger partial charge >= 0.3 is 0 Å². The Morgan fingerprint density at radius 2 is 2.35 bits per heavy atom. The number of H-pyrrole nitrogens is 1. The number of hydrogen-bond donors (Lipinski definition) is 3. The van der Waals surface area contributed by atoms with Crippen LogP contribution in [0.4, 0.5) is 0 Å². The summed E-state index contributed by atoms with van der Waals surface area (Å²) < 4.78 is 0. The van der Waals surface area contributed by atoms with E-state index in [9.17, 15) is 4.79 Å². The second kappa shape index (κ2) is 6.39. The summed E-state index contributed by atoms with van der Waals surface area (Å²) in [5.74, 6) is -0.00365. The maximum Gasteiger partial charge on any atom is 0.225 e. The first kappa shape index (κ1) is 13.7. The lowest BCUT2D eigenvalue weighted by Crippen LogP contribution is -2.27. The average Bonchev–Trinajstić information content (AvgIpc) is 2.77. The van der Waals surface area contributed by atoms with Crippen molar-refractivity contribution < 1.29 is 9.90 Å². The van der Waals surface area contributed by atoms with Crippen molar-refractivity contribution in [2.24, 2.45) is 5.41 Å². The lowest BCUT2D eigenvalue weighted by molar-refractivity contribution is -0.120.